The second kappa shape index (κ2) is 6.86. The molecule has 0 spiro atoms. The Hall–Kier alpha value is -1.39. The van der Waals surface area contributed by atoms with Crippen LogP contribution in [0.3, 0.4) is 0 Å². The molecule has 0 saturated heterocycles. The number of ether oxygens (including phenoxy) is 1. The highest BCUT2D eigenvalue weighted by atomic mass is 32.1. The lowest BCUT2D eigenvalue weighted by molar-refractivity contribution is 0.413. The maximum Gasteiger partial charge on any atom is 0.119 e. The maximum absolute atomic E-state index is 5.93. The topological polar surface area (TPSA) is 48.1 Å². The summed E-state index contributed by atoms with van der Waals surface area (Å²) < 4.78 is 5.27. The van der Waals surface area contributed by atoms with E-state index in [-0.39, 0.29) is 0 Å². The summed E-state index contributed by atoms with van der Waals surface area (Å²) in [5, 5.41) is 1.19. The minimum atomic E-state index is 0.423. The fourth-order valence-electron chi connectivity index (χ4n) is 2.25. The van der Waals surface area contributed by atoms with Crippen molar-refractivity contribution in [2.45, 2.75) is 26.7 Å². The number of aryl methyl sites for hydroxylation is 2. The molecule has 2 aromatic rings. The molecule has 2 rings (SSSR count). The van der Waals surface area contributed by atoms with Crippen LogP contribution in [0.4, 0.5) is 0 Å². The summed E-state index contributed by atoms with van der Waals surface area (Å²) in [5.74, 6) is 1.33. The van der Waals surface area contributed by atoms with Crippen molar-refractivity contribution in [2.75, 3.05) is 13.7 Å². The van der Waals surface area contributed by atoms with Gasteiger partial charge in [0.2, 0.25) is 0 Å². The van der Waals surface area contributed by atoms with Gasteiger partial charge in [-0.1, -0.05) is 12.1 Å². The monoisotopic (exact) mass is 290 g/mol. The van der Waals surface area contributed by atoms with Crippen molar-refractivity contribution in [3.63, 3.8) is 0 Å². The Morgan fingerprint density at radius 3 is 2.70 bits per heavy atom. The summed E-state index contributed by atoms with van der Waals surface area (Å²) in [4.78, 5) is 5.91. The molecule has 4 heteroatoms. The van der Waals surface area contributed by atoms with Gasteiger partial charge in [-0.05, 0) is 50.4 Å². The predicted molar refractivity (Wildman–Crippen MR) is 84.5 cm³/mol. The van der Waals surface area contributed by atoms with Gasteiger partial charge >= 0.3 is 0 Å². The van der Waals surface area contributed by atoms with E-state index in [1.807, 2.05) is 12.1 Å². The van der Waals surface area contributed by atoms with Gasteiger partial charge in [-0.15, -0.1) is 11.3 Å². The highest BCUT2D eigenvalue weighted by Crippen LogP contribution is 2.22. The van der Waals surface area contributed by atoms with Crippen molar-refractivity contribution in [3.05, 3.63) is 45.4 Å². The molecule has 0 amide bonds. The standard InChI is InChI=1S/C16H22N2OS/c1-11-12(2)20-16(18-11)9-14(10-17)7-13-5-4-6-15(8-13)19-3/h4-6,8,14H,7,9-10,17H2,1-3H3. The summed E-state index contributed by atoms with van der Waals surface area (Å²) in [6.45, 7) is 4.86. The van der Waals surface area contributed by atoms with Gasteiger partial charge in [0.05, 0.1) is 17.8 Å². The van der Waals surface area contributed by atoms with Crippen LogP contribution in [0.25, 0.3) is 0 Å². The van der Waals surface area contributed by atoms with Crippen LogP contribution >= 0.6 is 11.3 Å². The summed E-state index contributed by atoms with van der Waals surface area (Å²) in [7, 11) is 1.70. The molecule has 108 valence electrons. The van der Waals surface area contributed by atoms with Gasteiger partial charge < -0.3 is 10.5 Å². The van der Waals surface area contributed by atoms with Gasteiger partial charge in [-0.25, -0.2) is 4.98 Å². The van der Waals surface area contributed by atoms with E-state index in [0.717, 1.165) is 24.3 Å². The van der Waals surface area contributed by atoms with Gasteiger partial charge in [0.25, 0.3) is 0 Å². The quantitative estimate of drug-likeness (QED) is 0.889. The SMILES string of the molecule is COc1cccc(CC(CN)Cc2nc(C)c(C)s2)c1. The second-order valence-electron chi connectivity index (χ2n) is 5.11. The molecular formula is C16H22N2OS. The molecule has 0 aliphatic heterocycles. The minimum absolute atomic E-state index is 0.423. The van der Waals surface area contributed by atoms with Crippen molar-refractivity contribution in [3.8, 4) is 5.75 Å². The molecule has 0 saturated carbocycles. The average Bonchev–Trinajstić information content (AvgIpc) is 2.76. The summed E-state index contributed by atoms with van der Waals surface area (Å²) >= 11 is 1.78. The van der Waals surface area contributed by atoms with Crippen molar-refractivity contribution < 1.29 is 4.74 Å². The van der Waals surface area contributed by atoms with Crippen LogP contribution in [0, 0.1) is 19.8 Å². The van der Waals surface area contributed by atoms with Crippen LogP contribution in [0.1, 0.15) is 21.1 Å². The molecule has 1 aromatic heterocycles. The van der Waals surface area contributed by atoms with Crippen LogP contribution in [-0.4, -0.2) is 18.6 Å². The number of hydrogen-bond acceptors (Lipinski definition) is 4. The number of benzene rings is 1. The van der Waals surface area contributed by atoms with Gasteiger partial charge in [-0.2, -0.15) is 0 Å². The highest BCUT2D eigenvalue weighted by Gasteiger charge is 2.13. The zero-order valence-corrected chi connectivity index (χ0v) is 13.2. The zero-order valence-electron chi connectivity index (χ0n) is 12.3. The van der Waals surface area contributed by atoms with E-state index in [4.69, 9.17) is 10.5 Å². The number of nitrogens with two attached hydrogens (primary N) is 1. The fourth-order valence-corrected chi connectivity index (χ4v) is 3.29. The molecule has 1 unspecified atom stereocenters. The van der Waals surface area contributed by atoms with E-state index in [1.165, 1.54) is 15.4 Å². The average molecular weight is 290 g/mol. The third kappa shape index (κ3) is 3.81. The minimum Gasteiger partial charge on any atom is -0.497 e. The van der Waals surface area contributed by atoms with E-state index >= 15 is 0 Å². The zero-order chi connectivity index (χ0) is 14.5. The number of rotatable bonds is 6. The van der Waals surface area contributed by atoms with Crippen molar-refractivity contribution in [2.24, 2.45) is 11.7 Å². The van der Waals surface area contributed by atoms with E-state index in [0.29, 0.717) is 12.5 Å². The fraction of sp³-hybridized carbons (Fsp3) is 0.438. The first-order valence-electron chi connectivity index (χ1n) is 6.88. The molecule has 0 radical (unpaired) electrons. The molecule has 3 nitrogen and oxygen atoms in total. The van der Waals surface area contributed by atoms with Crippen LogP contribution < -0.4 is 10.5 Å². The van der Waals surface area contributed by atoms with Crippen LogP contribution in [0.2, 0.25) is 0 Å². The van der Waals surface area contributed by atoms with Crippen LogP contribution in [0.15, 0.2) is 24.3 Å². The third-order valence-electron chi connectivity index (χ3n) is 3.53. The Bertz CT molecular complexity index is 546. The van der Waals surface area contributed by atoms with Crippen molar-refractivity contribution >= 4 is 11.3 Å². The summed E-state index contributed by atoms with van der Waals surface area (Å²) in [6.07, 6.45) is 1.92. The molecule has 0 bridgehead atoms. The molecule has 0 aliphatic carbocycles. The number of aromatic nitrogens is 1. The summed E-state index contributed by atoms with van der Waals surface area (Å²) in [6, 6.07) is 8.21. The first-order valence-corrected chi connectivity index (χ1v) is 7.70. The highest BCUT2D eigenvalue weighted by molar-refractivity contribution is 7.11. The lowest BCUT2D eigenvalue weighted by Gasteiger charge is -2.13. The van der Waals surface area contributed by atoms with Gasteiger partial charge in [-0.3, -0.25) is 0 Å². The number of thiazole rings is 1. The Balaban J connectivity index is 2.04. The lowest BCUT2D eigenvalue weighted by atomic mass is 9.96. The molecule has 1 aromatic carbocycles. The van der Waals surface area contributed by atoms with E-state index < -0.39 is 0 Å². The molecule has 2 N–H and O–H groups in total. The molecular weight excluding hydrogens is 268 g/mol. The van der Waals surface area contributed by atoms with Gasteiger partial charge in [0.15, 0.2) is 0 Å². The number of hydrogen-bond donors (Lipinski definition) is 1. The smallest absolute Gasteiger partial charge is 0.119 e. The predicted octanol–water partition coefficient (Wildman–Crippen LogP) is 3.13. The van der Waals surface area contributed by atoms with Crippen LogP contribution in [-0.2, 0) is 12.8 Å². The number of methoxy groups -OCH3 is 1. The number of nitrogens with zero attached hydrogens (tertiary/aromatic N) is 1. The maximum atomic E-state index is 5.93. The Kier molecular flexibility index (Phi) is 5.15. The Morgan fingerprint density at radius 2 is 2.10 bits per heavy atom. The third-order valence-corrected chi connectivity index (χ3v) is 4.62. The second-order valence-corrected chi connectivity index (χ2v) is 6.40. The van der Waals surface area contributed by atoms with E-state index in [9.17, 15) is 0 Å². The van der Waals surface area contributed by atoms with Crippen LogP contribution in [0.5, 0.6) is 5.75 Å². The Labute approximate surface area is 124 Å². The Morgan fingerprint density at radius 1 is 1.30 bits per heavy atom. The molecule has 0 aliphatic rings. The first-order chi connectivity index (χ1) is 9.62. The van der Waals surface area contributed by atoms with Gasteiger partial charge in [0, 0.05) is 11.3 Å². The van der Waals surface area contributed by atoms with Crippen molar-refractivity contribution in [1.82, 2.24) is 4.98 Å². The van der Waals surface area contributed by atoms with Crippen molar-refractivity contribution in [1.29, 1.82) is 0 Å². The largest absolute Gasteiger partial charge is 0.497 e. The van der Waals surface area contributed by atoms with Gasteiger partial charge in [0.1, 0.15) is 5.75 Å². The first kappa shape index (κ1) is 15.0. The van der Waals surface area contributed by atoms with E-state index in [2.05, 4.69) is 31.0 Å². The lowest BCUT2D eigenvalue weighted by Crippen LogP contribution is -2.19. The molecule has 1 heterocycles. The molecule has 0 fully saturated rings. The molecule has 1 atom stereocenters. The summed E-state index contributed by atoms with van der Waals surface area (Å²) in [5.41, 5.74) is 8.34. The normalized spacial score (nSPS) is 12.4. The molecule has 20 heavy (non-hydrogen) atoms. The van der Waals surface area contributed by atoms with E-state index in [1.54, 1.807) is 18.4 Å².